The Kier molecular flexibility index (Phi) is 8.35. The van der Waals surface area contributed by atoms with E-state index in [-0.39, 0.29) is 17.9 Å². The van der Waals surface area contributed by atoms with Gasteiger partial charge in [0.15, 0.2) is 5.82 Å². The highest BCUT2D eigenvalue weighted by Crippen LogP contribution is 2.12. The number of hydrogen-bond acceptors (Lipinski definition) is 8. The Morgan fingerprint density at radius 2 is 1.63 bits per heavy atom. The number of aromatic nitrogens is 4. The second-order valence-corrected chi connectivity index (χ2v) is 7.75. The maximum absolute atomic E-state index is 12.7. The first-order chi connectivity index (χ1) is 16.7. The number of nitrogens with one attached hydrogen (secondary N) is 3. The molecule has 0 saturated heterocycles. The third-order valence-corrected chi connectivity index (χ3v) is 4.76. The van der Waals surface area contributed by atoms with Crippen molar-refractivity contribution in [3.05, 3.63) is 65.8 Å². The molecule has 0 aliphatic heterocycles. The van der Waals surface area contributed by atoms with Crippen LogP contribution in [-0.2, 0) is 14.4 Å². The largest absolute Gasteiger partial charge is 0.347 e. The van der Waals surface area contributed by atoms with Crippen LogP contribution >= 0.6 is 11.6 Å². The zero-order chi connectivity index (χ0) is 25.4. The van der Waals surface area contributed by atoms with Crippen LogP contribution in [0.2, 0.25) is 5.02 Å². The molecule has 3 aromatic rings. The number of halogens is 1. The molecule has 1 atom stereocenters. The lowest BCUT2D eigenvalue weighted by atomic mass is 10.2. The van der Waals surface area contributed by atoms with E-state index in [1.807, 2.05) is 0 Å². The van der Waals surface area contributed by atoms with E-state index in [1.54, 1.807) is 24.5 Å². The Labute approximate surface area is 205 Å². The smallest absolute Gasteiger partial charge is 0.314 e. The number of rotatable bonds is 7. The number of nitrogens with zero attached hydrogens (tertiary/aromatic N) is 5. The van der Waals surface area contributed by atoms with Crippen molar-refractivity contribution in [2.45, 2.75) is 6.04 Å². The SMILES string of the molecule is CN(C)C(=O)C(CNC(=O)C(=O)Nc1ccc(Cl)cn1)NC(=O)c1cnc(-c2ccncc2)nc1. The second kappa shape index (κ2) is 11.6. The number of anilines is 1. The fourth-order valence-electron chi connectivity index (χ4n) is 2.75. The quantitative estimate of drug-likeness (QED) is 0.399. The van der Waals surface area contributed by atoms with Crippen molar-refractivity contribution in [2.75, 3.05) is 26.0 Å². The van der Waals surface area contributed by atoms with Crippen molar-refractivity contribution in [3.8, 4) is 11.4 Å². The van der Waals surface area contributed by atoms with Gasteiger partial charge in [-0.2, -0.15) is 0 Å². The number of likely N-dealkylation sites (N-methyl/N-ethyl adjacent to an activating group) is 1. The van der Waals surface area contributed by atoms with Gasteiger partial charge in [-0.1, -0.05) is 11.6 Å². The lowest BCUT2D eigenvalue weighted by molar-refractivity contribution is -0.136. The predicted octanol–water partition coefficient (Wildman–Crippen LogP) is 0.529. The number of amides is 4. The topological polar surface area (TPSA) is 159 Å². The molecular formula is C22H21ClN8O4. The number of pyridine rings is 2. The van der Waals surface area contributed by atoms with Gasteiger partial charge < -0.3 is 20.9 Å². The summed E-state index contributed by atoms with van der Waals surface area (Å²) in [5.74, 6) is -2.61. The zero-order valence-corrected chi connectivity index (χ0v) is 19.5. The van der Waals surface area contributed by atoms with E-state index < -0.39 is 29.7 Å². The summed E-state index contributed by atoms with van der Waals surface area (Å²) in [6, 6.07) is 5.22. The minimum absolute atomic E-state index is 0.109. The summed E-state index contributed by atoms with van der Waals surface area (Å²) in [6.07, 6.45) is 7.14. The van der Waals surface area contributed by atoms with Crippen molar-refractivity contribution in [1.82, 2.24) is 35.5 Å². The van der Waals surface area contributed by atoms with Crippen LogP contribution in [0.25, 0.3) is 11.4 Å². The van der Waals surface area contributed by atoms with Gasteiger partial charge in [-0.25, -0.2) is 15.0 Å². The maximum Gasteiger partial charge on any atom is 0.314 e. The number of carbonyl (C=O) groups excluding carboxylic acids is 4. The Bertz CT molecular complexity index is 1200. The molecule has 1 unspecified atom stereocenters. The van der Waals surface area contributed by atoms with E-state index in [1.165, 1.54) is 49.7 Å². The summed E-state index contributed by atoms with van der Waals surface area (Å²) in [5, 5.41) is 7.54. The molecule has 35 heavy (non-hydrogen) atoms. The van der Waals surface area contributed by atoms with E-state index >= 15 is 0 Å². The fourth-order valence-corrected chi connectivity index (χ4v) is 2.86. The summed E-state index contributed by atoms with van der Waals surface area (Å²) in [4.78, 5) is 66.9. The molecule has 3 N–H and O–H groups in total. The Balaban J connectivity index is 1.62. The van der Waals surface area contributed by atoms with Gasteiger partial charge in [0, 0.05) is 57.2 Å². The second-order valence-electron chi connectivity index (χ2n) is 7.32. The lowest BCUT2D eigenvalue weighted by Gasteiger charge is -2.22. The molecule has 0 fully saturated rings. The van der Waals surface area contributed by atoms with Gasteiger partial charge in [-0.3, -0.25) is 24.2 Å². The Morgan fingerprint density at radius 3 is 2.23 bits per heavy atom. The van der Waals surface area contributed by atoms with Crippen LogP contribution in [0, 0.1) is 0 Å². The van der Waals surface area contributed by atoms with Gasteiger partial charge in [0.2, 0.25) is 5.91 Å². The maximum atomic E-state index is 12.7. The van der Waals surface area contributed by atoms with Crippen LogP contribution in [0.5, 0.6) is 0 Å². The predicted molar refractivity (Wildman–Crippen MR) is 126 cm³/mol. The minimum atomic E-state index is -1.15. The highest BCUT2D eigenvalue weighted by molar-refractivity contribution is 6.39. The third-order valence-electron chi connectivity index (χ3n) is 4.54. The lowest BCUT2D eigenvalue weighted by Crippen LogP contribution is -2.53. The molecular weight excluding hydrogens is 476 g/mol. The average molecular weight is 497 g/mol. The molecule has 3 aromatic heterocycles. The van der Waals surface area contributed by atoms with Gasteiger partial charge >= 0.3 is 11.8 Å². The summed E-state index contributed by atoms with van der Waals surface area (Å²) in [7, 11) is 2.99. The van der Waals surface area contributed by atoms with Crippen LogP contribution in [0.1, 0.15) is 10.4 Å². The van der Waals surface area contributed by atoms with E-state index in [0.717, 1.165) is 5.56 Å². The zero-order valence-electron chi connectivity index (χ0n) is 18.7. The Hall–Kier alpha value is -4.45. The summed E-state index contributed by atoms with van der Waals surface area (Å²) < 4.78 is 0. The molecule has 0 aliphatic rings. The van der Waals surface area contributed by atoms with Crippen molar-refractivity contribution >= 4 is 41.0 Å². The summed E-state index contributed by atoms with van der Waals surface area (Å²) >= 11 is 5.74. The van der Waals surface area contributed by atoms with Crippen molar-refractivity contribution in [1.29, 1.82) is 0 Å². The van der Waals surface area contributed by atoms with Crippen molar-refractivity contribution < 1.29 is 19.2 Å². The molecule has 3 rings (SSSR count). The van der Waals surface area contributed by atoms with Gasteiger partial charge in [-0.05, 0) is 24.3 Å². The highest BCUT2D eigenvalue weighted by Gasteiger charge is 2.25. The van der Waals surface area contributed by atoms with Gasteiger partial charge in [0.1, 0.15) is 11.9 Å². The molecule has 0 saturated carbocycles. The molecule has 0 spiro atoms. The Morgan fingerprint density at radius 1 is 0.943 bits per heavy atom. The average Bonchev–Trinajstić information content (AvgIpc) is 2.87. The van der Waals surface area contributed by atoms with E-state index in [2.05, 4.69) is 35.9 Å². The van der Waals surface area contributed by atoms with E-state index in [4.69, 9.17) is 11.6 Å². The molecule has 0 aliphatic carbocycles. The van der Waals surface area contributed by atoms with Gasteiger partial charge in [-0.15, -0.1) is 0 Å². The molecule has 180 valence electrons. The number of hydrogen-bond donors (Lipinski definition) is 3. The number of carbonyl (C=O) groups is 4. The molecule has 12 nitrogen and oxygen atoms in total. The van der Waals surface area contributed by atoms with Gasteiger partial charge in [0.25, 0.3) is 5.91 Å². The van der Waals surface area contributed by atoms with E-state index in [9.17, 15) is 19.2 Å². The standard InChI is InChI=1S/C22H21ClN8O4/c1-31(2)22(35)16(12-28-20(33)21(34)30-17-4-3-15(23)11-25-17)29-19(32)14-9-26-18(27-10-14)13-5-7-24-8-6-13/h3-11,16H,12H2,1-2H3,(H,28,33)(H,29,32)(H,25,30,34). The van der Waals surface area contributed by atoms with Crippen LogP contribution in [0.3, 0.4) is 0 Å². The fraction of sp³-hybridized carbons (Fsp3) is 0.182. The molecule has 0 bridgehead atoms. The van der Waals surface area contributed by atoms with Crippen LogP contribution in [0.4, 0.5) is 5.82 Å². The van der Waals surface area contributed by atoms with Crippen molar-refractivity contribution in [2.24, 2.45) is 0 Å². The minimum Gasteiger partial charge on any atom is -0.347 e. The van der Waals surface area contributed by atoms with Crippen LogP contribution in [0.15, 0.2) is 55.2 Å². The molecule has 13 heteroatoms. The monoisotopic (exact) mass is 496 g/mol. The summed E-state index contributed by atoms with van der Waals surface area (Å²) in [5.41, 5.74) is 0.833. The van der Waals surface area contributed by atoms with Crippen LogP contribution in [-0.4, -0.2) is 75.1 Å². The first-order valence-corrected chi connectivity index (χ1v) is 10.6. The molecule has 3 heterocycles. The summed E-state index contributed by atoms with van der Waals surface area (Å²) in [6.45, 7) is -0.334. The molecule has 4 amide bonds. The first-order valence-electron chi connectivity index (χ1n) is 10.2. The third kappa shape index (κ3) is 7.01. The highest BCUT2D eigenvalue weighted by atomic mass is 35.5. The molecule has 0 radical (unpaired) electrons. The molecule has 0 aromatic carbocycles. The van der Waals surface area contributed by atoms with Crippen LogP contribution < -0.4 is 16.0 Å². The first kappa shape index (κ1) is 25.2. The van der Waals surface area contributed by atoms with E-state index in [0.29, 0.717) is 10.8 Å². The van der Waals surface area contributed by atoms with Gasteiger partial charge in [0.05, 0.1) is 10.6 Å². The normalized spacial score (nSPS) is 11.2. The van der Waals surface area contributed by atoms with Crippen molar-refractivity contribution in [3.63, 3.8) is 0 Å².